The summed E-state index contributed by atoms with van der Waals surface area (Å²) in [5.41, 5.74) is 1.94. The molecule has 0 spiro atoms. The van der Waals surface area contributed by atoms with Crippen LogP contribution in [0.2, 0.25) is 0 Å². The first-order valence-electron chi connectivity index (χ1n) is 6.85. The molecule has 20 heavy (non-hydrogen) atoms. The highest BCUT2D eigenvalue weighted by Gasteiger charge is 2.14. The van der Waals surface area contributed by atoms with E-state index in [4.69, 9.17) is 5.11 Å². The average molecular weight is 293 g/mol. The van der Waals surface area contributed by atoms with Crippen LogP contribution in [0.25, 0.3) is 0 Å². The van der Waals surface area contributed by atoms with Gasteiger partial charge in [-0.1, -0.05) is 30.7 Å². The Morgan fingerprint density at radius 1 is 1.40 bits per heavy atom. The topological polar surface area (TPSA) is 49.3 Å². The summed E-state index contributed by atoms with van der Waals surface area (Å²) >= 11 is 1.65. The van der Waals surface area contributed by atoms with E-state index >= 15 is 0 Å². The Morgan fingerprint density at radius 2 is 2.10 bits per heavy atom. The van der Waals surface area contributed by atoms with Gasteiger partial charge >= 0.3 is 0 Å². The zero-order valence-corrected chi connectivity index (χ0v) is 13.2. The van der Waals surface area contributed by atoms with Gasteiger partial charge in [0.15, 0.2) is 0 Å². The third kappa shape index (κ3) is 5.39. The van der Waals surface area contributed by atoms with Gasteiger partial charge in [-0.2, -0.15) is 0 Å². The number of nitrogens with one attached hydrogen (secondary N) is 1. The number of aliphatic hydroxyl groups excluding tert-OH is 1. The maximum Gasteiger partial charge on any atom is 0.252 e. The standard InChI is InChI=1S/C16H23NO2S/c1-4-13(11-18)17-16(19)14-7-5-6-8-15(14)20-10-9-12(2)3/h5-9,13,18H,4,10-11H2,1-3H3,(H,17,19). The number of carbonyl (C=O) groups excluding carboxylic acids is 1. The lowest BCUT2D eigenvalue weighted by molar-refractivity contribution is 0.0912. The van der Waals surface area contributed by atoms with Crippen LogP contribution in [0.1, 0.15) is 37.6 Å². The highest BCUT2D eigenvalue weighted by atomic mass is 32.2. The Labute approximate surface area is 125 Å². The van der Waals surface area contributed by atoms with Gasteiger partial charge < -0.3 is 10.4 Å². The Bertz CT molecular complexity index is 463. The molecule has 1 aromatic carbocycles. The first-order chi connectivity index (χ1) is 9.58. The summed E-state index contributed by atoms with van der Waals surface area (Å²) in [7, 11) is 0. The lowest BCUT2D eigenvalue weighted by Crippen LogP contribution is -2.37. The molecule has 1 rings (SSSR count). The highest BCUT2D eigenvalue weighted by Crippen LogP contribution is 2.23. The van der Waals surface area contributed by atoms with Crippen molar-refractivity contribution in [1.29, 1.82) is 0 Å². The summed E-state index contributed by atoms with van der Waals surface area (Å²) < 4.78 is 0. The summed E-state index contributed by atoms with van der Waals surface area (Å²) in [6, 6.07) is 7.39. The van der Waals surface area contributed by atoms with Gasteiger partial charge in [-0.25, -0.2) is 0 Å². The summed E-state index contributed by atoms with van der Waals surface area (Å²) in [6.07, 6.45) is 2.86. The Hall–Kier alpha value is -1.26. The molecule has 0 aliphatic heterocycles. The van der Waals surface area contributed by atoms with Gasteiger partial charge in [-0.15, -0.1) is 11.8 Å². The van der Waals surface area contributed by atoms with Crippen molar-refractivity contribution in [2.75, 3.05) is 12.4 Å². The van der Waals surface area contributed by atoms with E-state index in [9.17, 15) is 4.79 Å². The zero-order valence-electron chi connectivity index (χ0n) is 12.3. The monoisotopic (exact) mass is 293 g/mol. The SMILES string of the molecule is CCC(CO)NC(=O)c1ccccc1SCC=C(C)C. The molecule has 0 heterocycles. The first kappa shape index (κ1) is 16.8. The Balaban J connectivity index is 2.78. The van der Waals surface area contributed by atoms with Gasteiger partial charge in [0, 0.05) is 10.6 Å². The highest BCUT2D eigenvalue weighted by molar-refractivity contribution is 7.99. The van der Waals surface area contributed by atoms with E-state index in [1.807, 2.05) is 31.2 Å². The number of benzene rings is 1. The molecular weight excluding hydrogens is 270 g/mol. The van der Waals surface area contributed by atoms with E-state index in [0.717, 1.165) is 17.1 Å². The molecule has 0 saturated heterocycles. The van der Waals surface area contributed by atoms with Crippen molar-refractivity contribution in [2.24, 2.45) is 0 Å². The van der Waals surface area contributed by atoms with Crippen LogP contribution in [0.5, 0.6) is 0 Å². The molecule has 3 nitrogen and oxygen atoms in total. The smallest absolute Gasteiger partial charge is 0.252 e. The summed E-state index contributed by atoms with van der Waals surface area (Å²) in [6.45, 7) is 6.03. The number of allylic oxidation sites excluding steroid dienone is 1. The molecule has 4 heteroatoms. The van der Waals surface area contributed by atoms with Crippen molar-refractivity contribution in [1.82, 2.24) is 5.32 Å². The van der Waals surface area contributed by atoms with Crippen molar-refractivity contribution in [3.8, 4) is 0 Å². The lowest BCUT2D eigenvalue weighted by Gasteiger charge is -2.15. The number of carbonyl (C=O) groups is 1. The number of amides is 1. The second-order valence-corrected chi connectivity index (χ2v) is 5.91. The van der Waals surface area contributed by atoms with Crippen molar-refractivity contribution in [2.45, 2.75) is 38.1 Å². The van der Waals surface area contributed by atoms with Crippen molar-refractivity contribution in [3.63, 3.8) is 0 Å². The molecular formula is C16H23NO2S. The molecule has 0 fully saturated rings. The van der Waals surface area contributed by atoms with E-state index in [1.165, 1.54) is 5.57 Å². The number of hydrogen-bond acceptors (Lipinski definition) is 3. The normalized spacial score (nSPS) is 11.8. The van der Waals surface area contributed by atoms with Gasteiger partial charge in [-0.05, 0) is 32.4 Å². The van der Waals surface area contributed by atoms with Gasteiger partial charge in [0.1, 0.15) is 0 Å². The largest absolute Gasteiger partial charge is 0.394 e. The van der Waals surface area contributed by atoms with Crippen molar-refractivity contribution >= 4 is 17.7 Å². The van der Waals surface area contributed by atoms with Crippen LogP contribution in [0.4, 0.5) is 0 Å². The molecule has 0 aromatic heterocycles. The van der Waals surface area contributed by atoms with E-state index < -0.39 is 0 Å². The molecule has 1 atom stereocenters. The predicted octanol–water partition coefficient (Wildman–Crippen LogP) is 3.25. The fourth-order valence-electron chi connectivity index (χ4n) is 1.62. The van der Waals surface area contributed by atoms with Gasteiger partial charge in [0.05, 0.1) is 18.2 Å². The summed E-state index contributed by atoms with van der Waals surface area (Å²) in [5.74, 6) is 0.732. The van der Waals surface area contributed by atoms with E-state index in [-0.39, 0.29) is 18.6 Å². The van der Waals surface area contributed by atoms with Crippen LogP contribution in [0, 0.1) is 0 Å². The molecule has 0 aliphatic carbocycles. The minimum atomic E-state index is -0.182. The van der Waals surface area contributed by atoms with Crippen molar-refractivity contribution < 1.29 is 9.90 Å². The van der Waals surface area contributed by atoms with Crippen LogP contribution >= 0.6 is 11.8 Å². The van der Waals surface area contributed by atoms with Crippen LogP contribution in [-0.2, 0) is 0 Å². The van der Waals surface area contributed by atoms with Gasteiger partial charge in [-0.3, -0.25) is 4.79 Å². The quantitative estimate of drug-likeness (QED) is 0.599. The number of thioether (sulfide) groups is 1. The van der Waals surface area contributed by atoms with Crippen LogP contribution in [0.15, 0.2) is 40.8 Å². The fraction of sp³-hybridized carbons (Fsp3) is 0.438. The Morgan fingerprint density at radius 3 is 2.70 bits per heavy atom. The molecule has 1 amide bonds. The molecule has 0 aliphatic rings. The molecule has 1 unspecified atom stereocenters. The summed E-state index contributed by atoms with van der Waals surface area (Å²) in [4.78, 5) is 13.2. The van der Waals surface area contributed by atoms with Crippen LogP contribution in [-0.4, -0.2) is 29.4 Å². The maximum atomic E-state index is 12.2. The minimum Gasteiger partial charge on any atom is -0.394 e. The van der Waals surface area contributed by atoms with Gasteiger partial charge in [0.25, 0.3) is 5.91 Å². The predicted molar refractivity (Wildman–Crippen MR) is 85.2 cm³/mol. The lowest BCUT2D eigenvalue weighted by atomic mass is 10.2. The zero-order chi connectivity index (χ0) is 15.0. The first-order valence-corrected chi connectivity index (χ1v) is 7.84. The molecule has 110 valence electrons. The minimum absolute atomic E-state index is 0.0324. The second-order valence-electron chi connectivity index (χ2n) is 4.85. The van der Waals surface area contributed by atoms with E-state index in [2.05, 4.69) is 25.2 Å². The van der Waals surface area contributed by atoms with Gasteiger partial charge in [0.2, 0.25) is 0 Å². The second kappa shape index (κ2) is 8.82. The Kier molecular flexibility index (Phi) is 7.41. The molecule has 2 N–H and O–H groups in total. The number of rotatable bonds is 7. The summed E-state index contributed by atoms with van der Waals surface area (Å²) in [5, 5.41) is 12.0. The third-order valence-corrected chi connectivity index (χ3v) is 3.91. The molecule has 1 aromatic rings. The van der Waals surface area contributed by atoms with E-state index in [1.54, 1.807) is 11.8 Å². The molecule has 0 bridgehead atoms. The molecule has 0 saturated carbocycles. The third-order valence-electron chi connectivity index (χ3n) is 2.91. The van der Waals surface area contributed by atoms with Crippen molar-refractivity contribution in [3.05, 3.63) is 41.5 Å². The molecule has 0 radical (unpaired) electrons. The average Bonchev–Trinajstić information content (AvgIpc) is 2.44. The van der Waals surface area contributed by atoms with E-state index in [0.29, 0.717) is 5.56 Å². The fourth-order valence-corrected chi connectivity index (χ4v) is 2.71. The van der Waals surface area contributed by atoms with Crippen LogP contribution < -0.4 is 5.32 Å². The maximum absolute atomic E-state index is 12.2. The van der Waals surface area contributed by atoms with Crippen LogP contribution in [0.3, 0.4) is 0 Å². The number of aliphatic hydroxyl groups is 1. The number of hydrogen-bond donors (Lipinski definition) is 2.